The van der Waals surface area contributed by atoms with Crippen LogP contribution in [0.4, 0.5) is 0 Å². The normalized spacial score (nSPS) is 13.7. The molecule has 0 aromatic heterocycles. The molecular formula is C38H36O8Si. The maximum Gasteiger partial charge on any atom is 0.339 e. The van der Waals surface area contributed by atoms with Crippen molar-refractivity contribution in [1.82, 2.24) is 0 Å². The lowest BCUT2D eigenvalue weighted by molar-refractivity contribution is 0.0535. The molecule has 2 heterocycles. The van der Waals surface area contributed by atoms with E-state index in [1.54, 1.807) is 21.3 Å². The zero-order chi connectivity index (χ0) is 32.9. The summed E-state index contributed by atoms with van der Waals surface area (Å²) in [6.45, 7) is 6.83. The number of hydrogen-bond acceptors (Lipinski definition) is 8. The molecule has 0 spiro atoms. The van der Waals surface area contributed by atoms with Gasteiger partial charge in [-0.25, -0.2) is 4.79 Å². The Morgan fingerprint density at radius 3 is 1.72 bits per heavy atom. The molecule has 0 bridgehead atoms. The number of cyclic esters (lactones) is 1. The molecule has 8 nitrogen and oxygen atoms in total. The number of rotatable bonds is 8. The average molecular weight is 649 g/mol. The molecule has 5 aromatic carbocycles. The number of fused-ring (bicyclic) bond motifs is 3. The van der Waals surface area contributed by atoms with E-state index in [0.29, 0.717) is 56.8 Å². The topological polar surface area (TPSA) is 81.7 Å². The Morgan fingerprint density at radius 2 is 1.21 bits per heavy atom. The molecule has 0 atom stereocenters. The van der Waals surface area contributed by atoms with Crippen molar-refractivity contribution < 1.29 is 37.6 Å². The van der Waals surface area contributed by atoms with Crippen LogP contribution in [0.3, 0.4) is 0 Å². The number of benzene rings is 5. The van der Waals surface area contributed by atoms with Gasteiger partial charge in [-0.3, -0.25) is 0 Å². The highest BCUT2D eigenvalue weighted by Crippen LogP contribution is 2.52. The predicted octanol–water partition coefficient (Wildman–Crippen LogP) is 6.87. The fourth-order valence-corrected chi connectivity index (χ4v) is 11.4. The number of ether oxygens (including phenoxy) is 6. The van der Waals surface area contributed by atoms with E-state index in [2.05, 4.69) is 69.3 Å². The average Bonchev–Trinajstić information content (AvgIpc) is 3.71. The Morgan fingerprint density at radius 1 is 0.660 bits per heavy atom. The Labute approximate surface area is 274 Å². The van der Waals surface area contributed by atoms with E-state index in [1.807, 2.05) is 36.4 Å². The van der Waals surface area contributed by atoms with Crippen molar-refractivity contribution >= 4 is 35.4 Å². The van der Waals surface area contributed by atoms with Crippen molar-refractivity contribution in [1.29, 1.82) is 0 Å². The van der Waals surface area contributed by atoms with Crippen LogP contribution in [0.1, 0.15) is 36.7 Å². The highest BCUT2D eigenvalue weighted by molar-refractivity contribution is 7.00. The smallest absolute Gasteiger partial charge is 0.339 e. The minimum absolute atomic E-state index is 0.0590. The summed E-state index contributed by atoms with van der Waals surface area (Å²) in [6, 6.07) is 28.4. The third-order valence-corrected chi connectivity index (χ3v) is 13.9. The van der Waals surface area contributed by atoms with Gasteiger partial charge < -0.3 is 32.8 Å². The SMILES string of the molecule is COc1cc(-c2c3c(c(O[Si](c4ccccc4)(c4ccccc4)C(C)(C)C)c4cc5c(cc24)OCO5)COC3=O)cc(OC)c1OC. The van der Waals surface area contributed by atoms with Crippen LogP contribution < -0.4 is 38.5 Å². The second kappa shape index (κ2) is 11.6. The summed E-state index contributed by atoms with van der Waals surface area (Å²) >= 11 is 0. The molecule has 0 saturated carbocycles. The van der Waals surface area contributed by atoms with Gasteiger partial charge >= 0.3 is 14.3 Å². The fourth-order valence-electron chi connectivity index (χ4n) is 6.92. The molecule has 0 aliphatic carbocycles. The van der Waals surface area contributed by atoms with E-state index in [9.17, 15) is 4.79 Å². The minimum Gasteiger partial charge on any atom is -0.533 e. The van der Waals surface area contributed by atoms with Crippen molar-refractivity contribution in [2.24, 2.45) is 0 Å². The van der Waals surface area contributed by atoms with Crippen molar-refractivity contribution in [3.8, 4) is 45.6 Å². The summed E-state index contributed by atoms with van der Waals surface area (Å²) in [5.41, 5.74) is 2.46. The molecule has 2 aliphatic heterocycles. The van der Waals surface area contributed by atoms with Gasteiger partial charge in [-0.15, -0.1) is 0 Å². The van der Waals surface area contributed by atoms with Crippen LogP contribution in [0.15, 0.2) is 84.9 Å². The van der Waals surface area contributed by atoms with Gasteiger partial charge in [0.05, 0.1) is 26.9 Å². The molecular weight excluding hydrogens is 612 g/mol. The van der Waals surface area contributed by atoms with Crippen LogP contribution in [0, 0.1) is 0 Å². The van der Waals surface area contributed by atoms with E-state index in [1.165, 1.54) is 0 Å². The van der Waals surface area contributed by atoms with Crippen LogP contribution >= 0.6 is 0 Å². The Bertz CT molecular complexity index is 1940. The van der Waals surface area contributed by atoms with Crippen LogP contribution in [-0.2, 0) is 11.3 Å². The van der Waals surface area contributed by atoms with E-state index in [-0.39, 0.29) is 18.4 Å². The lowest BCUT2D eigenvalue weighted by Crippen LogP contribution is -2.69. The Hall–Kier alpha value is -5.15. The fraction of sp³-hybridized carbons (Fsp3) is 0.237. The molecule has 0 N–H and O–H groups in total. The van der Waals surface area contributed by atoms with Crippen LogP contribution in [-0.4, -0.2) is 42.4 Å². The first-order valence-electron chi connectivity index (χ1n) is 15.4. The summed E-state index contributed by atoms with van der Waals surface area (Å²) in [6.07, 6.45) is 0. The standard InChI is InChI=1S/C38H36O8Si/c1-38(2,3)47(24-13-9-7-10-14-24,25-15-11-8-12-16-25)46-35-27-20-30-29(44-22-45-30)19-26(27)33(34-28(35)21-43-37(34)39)23-17-31(40-4)36(42-6)32(18-23)41-5/h7-20H,21-22H2,1-6H3. The molecule has 7 rings (SSSR count). The van der Waals surface area contributed by atoms with Crippen LogP contribution in [0.2, 0.25) is 5.04 Å². The monoisotopic (exact) mass is 648 g/mol. The second-order valence-corrected chi connectivity index (χ2v) is 16.8. The molecule has 47 heavy (non-hydrogen) atoms. The van der Waals surface area contributed by atoms with Gasteiger partial charge in [-0.1, -0.05) is 81.4 Å². The third-order valence-electron chi connectivity index (χ3n) is 9.03. The van der Waals surface area contributed by atoms with Crippen molar-refractivity contribution in [2.45, 2.75) is 32.4 Å². The van der Waals surface area contributed by atoms with Gasteiger partial charge in [0, 0.05) is 16.5 Å². The molecule has 0 radical (unpaired) electrons. The third kappa shape index (κ3) is 4.76. The van der Waals surface area contributed by atoms with Gasteiger partial charge in [-0.2, -0.15) is 0 Å². The Kier molecular flexibility index (Phi) is 7.51. The quantitative estimate of drug-likeness (QED) is 0.133. The number of hydrogen-bond donors (Lipinski definition) is 0. The zero-order valence-electron chi connectivity index (χ0n) is 27.3. The van der Waals surface area contributed by atoms with Crippen LogP contribution in [0.25, 0.3) is 21.9 Å². The van der Waals surface area contributed by atoms with E-state index >= 15 is 0 Å². The summed E-state index contributed by atoms with van der Waals surface area (Å²) < 4.78 is 42.3. The number of carbonyl (C=O) groups excluding carboxylic acids is 1. The molecule has 240 valence electrons. The molecule has 0 saturated heterocycles. The Balaban J connectivity index is 1.60. The van der Waals surface area contributed by atoms with Gasteiger partial charge in [0.15, 0.2) is 23.0 Å². The van der Waals surface area contributed by atoms with Crippen molar-refractivity contribution in [3.05, 3.63) is 96.1 Å². The lowest BCUT2D eigenvalue weighted by Gasteiger charge is -2.43. The van der Waals surface area contributed by atoms with Gasteiger partial charge in [-0.05, 0) is 50.6 Å². The van der Waals surface area contributed by atoms with E-state index < -0.39 is 14.3 Å². The summed E-state index contributed by atoms with van der Waals surface area (Å²) in [5, 5.41) is 3.42. The molecule has 9 heteroatoms. The highest BCUT2D eigenvalue weighted by Gasteiger charge is 2.53. The van der Waals surface area contributed by atoms with E-state index in [4.69, 9.17) is 32.8 Å². The second-order valence-electron chi connectivity index (χ2n) is 12.6. The first-order chi connectivity index (χ1) is 22.7. The lowest BCUT2D eigenvalue weighted by atomic mass is 9.89. The summed E-state index contributed by atoms with van der Waals surface area (Å²) in [4.78, 5) is 13.8. The van der Waals surface area contributed by atoms with E-state index in [0.717, 1.165) is 21.1 Å². The number of methoxy groups -OCH3 is 3. The number of esters is 1. The van der Waals surface area contributed by atoms with Gasteiger partial charge in [0.1, 0.15) is 12.4 Å². The van der Waals surface area contributed by atoms with Gasteiger partial charge in [0.2, 0.25) is 12.5 Å². The van der Waals surface area contributed by atoms with Crippen LogP contribution in [0.5, 0.6) is 34.5 Å². The number of carbonyl (C=O) groups is 1. The predicted molar refractivity (Wildman–Crippen MR) is 183 cm³/mol. The minimum atomic E-state index is -3.13. The molecule has 5 aromatic rings. The first-order valence-corrected chi connectivity index (χ1v) is 17.3. The maximum atomic E-state index is 13.8. The molecule has 0 fully saturated rings. The highest BCUT2D eigenvalue weighted by atomic mass is 28.4. The largest absolute Gasteiger partial charge is 0.533 e. The van der Waals surface area contributed by atoms with Crippen molar-refractivity contribution in [2.75, 3.05) is 28.1 Å². The van der Waals surface area contributed by atoms with Crippen molar-refractivity contribution in [3.63, 3.8) is 0 Å². The molecule has 0 amide bonds. The van der Waals surface area contributed by atoms with Gasteiger partial charge in [0.25, 0.3) is 0 Å². The molecule has 2 aliphatic rings. The molecule has 0 unspecified atom stereocenters. The first kappa shape index (κ1) is 30.5. The maximum absolute atomic E-state index is 13.8. The zero-order valence-corrected chi connectivity index (χ0v) is 28.3. The summed E-state index contributed by atoms with van der Waals surface area (Å²) in [7, 11) is 1.56. The summed E-state index contributed by atoms with van der Waals surface area (Å²) in [5.74, 6) is 2.72.